The van der Waals surface area contributed by atoms with Crippen molar-refractivity contribution >= 4 is 28.3 Å². The maximum Gasteiger partial charge on any atom is 0.249 e. The maximum absolute atomic E-state index is 12.5. The molecule has 0 aliphatic rings. The number of benzene rings is 2. The van der Waals surface area contributed by atoms with E-state index >= 15 is 0 Å². The zero-order chi connectivity index (χ0) is 23.0. The van der Waals surface area contributed by atoms with Crippen molar-refractivity contribution in [1.29, 1.82) is 0 Å². The van der Waals surface area contributed by atoms with Gasteiger partial charge in [-0.3, -0.25) is 4.79 Å². The molecule has 4 rings (SSSR count). The van der Waals surface area contributed by atoms with Crippen LogP contribution in [0.2, 0.25) is 0 Å². The lowest BCUT2D eigenvalue weighted by molar-refractivity contribution is -0.111. The zero-order valence-corrected chi connectivity index (χ0v) is 19.1. The third-order valence-corrected chi connectivity index (χ3v) is 5.57. The van der Waals surface area contributed by atoms with E-state index in [2.05, 4.69) is 42.5 Å². The molecule has 0 aliphatic carbocycles. The molecule has 0 fully saturated rings. The second-order valence-electron chi connectivity index (χ2n) is 8.07. The van der Waals surface area contributed by atoms with Crippen LogP contribution in [0.15, 0.2) is 51.6 Å². The summed E-state index contributed by atoms with van der Waals surface area (Å²) >= 11 is 0. The van der Waals surface area contributed by atoms with E-state index in [4.69, 9.17) is 13.7 Å². The Morgan fingerprint density at radius 1 is 1.09 bits per heavy atom. The molecule has 0 aliphatic heterocycles. The van der Waals surface area contributed by atoms with E-state index in [9.17, 15) is 4.79 Å². The number of methoxy groups -OCH3 is 1. The standard InChI is InChI=1S/C26H26N2O4/c1-14-7-8-19(15(2)9-14)22-13-31-26-18(5)25(30-6)20(12-21(22)26)16(3)10-24(29)27-23-11-17(4)32-28-23/h7-13H,1-6H3,(H,27,28,29)/b16-10+. The van der Waals surface area contributed by atoms with Crippen molar-refractivity contribution < 1.29 is 18.5 Å². The Morgan fingerprint density at radius 2 is 1.88 bits per heavy atom. The number of carbonyl (C=O) groups excluding carboxylic acids is 1. The maximum atomic E-state index is 12.5. The number of amides is 1. The smallest absolute Gasteiger partial charge is 0.249 e. The number of carbonyl (C=O) groups is 1. The number of rotatable bonds is 5. The highest BCUT2D eigenvalue weighted by molar-refractivity contribution is 6.05. The van der Waals surface area contributed by atoms with Crippen LogP contribution in [0.1, 0.15) is 34.9 Å². The van der Waals surface area contributed by atoms with Gasteiger partial charge in [-0.15, -0.1) is 0 Å². The lowest BCUT2D eigenvalue weighted by atomic mass is 9.94. The Hall–Kier alpha value is -3.80. The first kappa shape index (κ1) is 21.4. The summed E-state index contributed by atoms with van der Waals surface area (Å²) in [5.41, 5.74) is 7.77. The van der Waals surface area contributed by atoms with E-state index in [1.807, 2.05) is 19.9 Å². The van der Waals surface area contributed by atoms with Crippen molar-refractivity contribution in [1.82, 2.24) is 5.16 Å². The highest BCUT2D eigenvalue weighted by atomic mass is 16.5. The Kier molecular flexibility index (Phi) is 5.61. The van der Waals surface area contributed by atoms with Crippen molar-refractivity contribution in [3.8, 4) is 16.9 Å². The lowest BCUT2D eigenvalue weighted by Gasteiger charge is -2.13. The summed E-state index contributed by atoms with van der Waals surface area (Å²) in [4.78, 5) is 12.5. The first-order valence-corrected chi connectivity index (χ1v) is 10.4. The van der Waals surface area contributed by atoms with Gasteiger partial charge < -0.3 is 19.0 Å². The third-order valence-electron chi connectivity index (χ3n) is 5.57. The molecular formula is C26H26N2O4. The van der Waals surface area contributed by atoms with Gasteiger partial charge in [0.1, 0.15) is 17.1 Å². The number of hydrogen-bond acceptors (Lipinski definition) is 5. The molecule has 164 valence electrons. The lowest BCUT2D eigenvalue weighted by Crippen LogP contribution is -2.09. The van der Waals surface area contributed by atoms with Crippen LogP contribution in [0.5, 0.6) is 5.75 Å². The third kappa shape index (κ3) is 3.91. The number of ether oxygens (including phenoxy) is 1. The molecule has 2 aromatic carbocycles. The summed E-state index contributed by atoms with van der Waals surface area (Å²) < 4.78 is 16.7. The Labute approximate surface area is 186 Å². The number of anilines is 1. The molecule has 4 aromatic rings. The number of aryl methyl sites for hydroxylation is 4. The summed E-state index contributed by atoms with van der Waals surface area (Å²) in [5, 5.41) is 7.50. The molecule has 2 aromatic heterocycles. The first-order valence-electron chi connectivity index (χ1n) is 10.4. The second kappa shape index (κ2) is 8.38. The highest BCUT2D eigenvalue weighted by Gasteiger charge is 2.19. The number of nitrogens with one attached hydrogen (secondary N) is 1. The fourth-order valence-corrected chi connectivity index (χ4v) is 4.06. The molecule has 0 unspecified atom stereocenters. The van der Waals surface area contributed by atoms with Gasteiger partial charge in [-0.25, -0.2) is 0 Å². The fourth-order valence-electron chi connectivity index (χ4n) is 4.06. The predicted molar refractivity (Wildman–Crippen MR) is 126 cm³/mol. The minimum absolute atomic E-state index is 0.294. The van der Waals surface area contributed by atoms with E-state index < -0.39 is 0 Å². The van der Waals surface area contributed by atoms with Crippen molar-refractivity contribution in [3.05, 3.63) is 70.7 Å². The molecule has 0 saturated heterocycles. The molecule has 1 amide bonds. The monoisotopic (exact) mass is 430 g/mol. The van der Waals surface area contributed by atoms with Crippen molar-refractivity contribution in [2.45, 2.75) is 34.6 Å². The number of nitrogens with zero attached hydrogens (tertiary/aromatic N) is 1. The van der Waals surface area contributed by atoms with Crippen molar-refractivity contribution in [2.24, 2.45) is 0 Å². The minimum Gasteiger partial charge on any atom is -0.496 e. The van der Waals surface area contributed by atoms with Gasteiger partial charge in [0.2, 0.25) is 5.91 Å². The molecule has 32 heavy (non-hydrogen) atoms. The van der Waals surface area contributed by atoms with E-state index in [-0.39, 0.29) is 5.91 Å². The van der Waals surface area contributed by atoms with E-state index in [0.717, 1.165) is 38.8 Å². The average molecular weight is 431 g/mol. The van der Waals surface area contributed by atoms with E-state index in [1.165, 1.54) is 17.2 Å². The van der Waals surface area contributed by atoms with E-state index in [0.29, 0.717) is 17.3 Å². The minimum atomic E-state index is -0.294. The van der Waals surface area contributed by atoms with Gasteiger partial charge in [0, 0.05) is 34.2 Å². The molecule has 0 spiro atoms. The first-order chi connectivity index (χ1) is 15.3. The van der Waals surface area contributed by atoms with Crippen molar-refractivity contribution in [3.63, 3.8) is 0 Å². The molecular weight excluding hydrogens is 404 g/mol. The van der Waals surface area contributed by atoms with Gasteiger partial charge in [-0.2, -0.15) is 0 Å². The predicted octanol–water partition coefficient (Wildman–Crippen LogP) is 6.37. The van der Waals surface area contributed by atoms with E-state index in [1.54, 1.807) is 26.4 Å². The molecule has 6 heteroatoms. The Morgan fingerprint density at radius 3 is 2.53 bits per heavy atom. The van der Waals surface area contributed by atoms with Gasteiger partial charge in [0.25, 0.3) is 0 Å². The molecule has 6 nitrogen and oxygen atoms in total. The SMILES string of the molecule is COc1c(/C(C)=C/C(=O)Nc2cc(C)on2)cc2c(-c3ccc(C)cc3C)coc2c1C. The number of hydrogen-bond donors (Lipinski definition) is 1. The van der Waals surface area contributed by atoms with Crippen LogP contribution in [0.3, 0.4) is 0 Å². The molecule has 0 bridgehead atoms. The Bertz CT molecular complexity index is 1360. The van der Waals surface area contributed by atoms with Crippen molar-refractivity contribution in [2.75, 3.05) is 12.4 Å². The van der Waals surface area contributed by atoms with Crippen LogP contribution in [-0.2, 0) is 4.79 Å². The summed E-state index contributed by atoms with van der Waals surface area (Å²) in [5.74, 6) is 1.39. The van der Waals surface area contributed by atoms with Crippen LogP contribution in [0.4, 0.5) is 5.82 Å². The van der Waals surface area contributed by atoms with Gasteiger partial charge in [0.15, 0.2) is 5.82 Å². The van der Waals surface area contributed by atoms with Crippen LogP contribution in [0.25, 0.3) is 27.7 Å². The van der Waals surface area contributed by atoms with Crippen LogP contribution in [0, 0.1) is 27.7 Å². The van der Waals surface area contributed by atoms with Gasteiger partial charge in [0.05, 0.1) is 13.4 Å². The van der Waals surface area contributed by atoms with Crippen LogP contribution < -0.4 is 10.1 Å². The summed E-state index contributed by atoms with van der Waals surface area (Å²) in [7, 11) is 1.62. The van der Waals surface area contributed by atoms with Gasteiger partial charge >= 0.3 is 0 Å². The number of aromatic nitrogens is 1. The highest BCUT2D eigenvalue weighted by Crippen LogP contribution is 2.41. The summed E-state index contributed by atoms with van der Waals surface area (Å²) in [6.45, 7) is 9.79. The van der Waals surface area contributed by atoms with Gasteiger partial charge in [-0.1, -0.05) is 28.9 Å². The molecule has 2 heterocycles. The quantitative estimate of drug-likeness (QED) is 0.372. The zero-order valence-electron chi connectivity index (χ0n) is 19.1. The fraction of sp³-hybridized carbons (Fsp3) is 0.231. The molecule has 0 atom stereocenters. The number of fused-ring (bicyclic) bond motifs is 1. The number of furan rings is 1. The number of allylic oxidation sites excluding steroid dienone is 1. The average Bonchev–Trinajstić information content (AvgIpc) is 3.34. The second-order valence-corrected chi connectivity index (χ2v) is 8.07. The van der Waals surface area contributed by atoms with Crippen LogP contribution in [-0.4, -0.2) is 18.2 Å². The van der Waals surface area contributed by atoms with Crippen LogP contribution >= 0.6 is 0 Å². The largest absolute Gasteiger partial charge is 0.496 e. The Balaban J connectivity index is 1.80. The molecule has 1 N–H and O–H groups in total. The molecule has 0 radical (unpaired) electrons. The normalized spacial score (nSPS) is 11.8. The summed E-state index contributed by atoms with van der Waals surface area (Å²) in [6, 6.07) is 10.1. The van der Waals surface area contributed by atoms with Gasteiger partial charge in [-0.05, 0) is 57.4 Å². The molecule has 0 saturated carbocycles. The summed E-state index contributed by atoms with van der Waals surface area (Å²) in [6.07, 6.45) is 3.32. The topological polar surface area (TPSA) is 77.5 Å².